The maximum absolute atomic E-state index is 12.4. The lowest BCUT2D eigenvalue weighted by Crippen LogP contribution is -2.31. The van der Waals surface area contributed by atoms with E-state index >= 15 is 0 Å². The van der Waals surface area contributed by atoms with Crippen molar-refractivity contribution in [2.45, 2.75) is 32.9 Å². The molecule has 1 amide bonds. The molecule has 0 spiro atoms. The normalized spacial score (nSPS) is 13.5. The van der Waals surface area contributed by atoms with E-state index in [9.17, 15) is 9.59 Å². The summed E-state index contributed by atoms with van der Waals surface area (Å²) >= 11 is 0. The minimum atomic E-state index is -0.119. The Hall–Kier alpha value is -4.11. The van der Waals surface area contributed by atoms with Crippen LogP contribution in [-0.4, -0.2) is 50.6 Å². The van der Waals surface area contributed by atoms with Gasteiger partial charge in [-0.05, 0) is 32.0 Å². The third-order valence-electron chi connectivity index (χ3n) is 6.39. The molecule has 9 heteroatoms. The van der Waals surface area contributed by atoms with Gasteiger partial charge in [-0.2, -0.15) is 0 Å². The van der Waals surface area contributed by atoms with E-state index in [0.29, 0.717) is 42.4 Å². The molecule has 0 atom stereocenters. The lowest BCUT2D eigenvalue weighted by Gasteiger charge is -2.16. The first-order valence-electron chi connectivity index (χ1n) is 12.0. The van der Waals surface area contributed by atoms with Crippen LogP contribution >= 0.6 is 0 Å². The molecule has 1 aliphatic rings. The lowest BCUT2D eigenvalue weighted by molar-refractivity contribution is -0.127. The zero-order chi connectivity index (χ0) is 25.1. The molecule has 1 aromatic carbocycles. The highest BCUT2D eigenvalue weighted by molar-refractivity contribution is 5.78. The number of hydrogen-bond donors (Lipinski definition) is 1. The van der Waals surface area contributed by atoms with Gasteiger partial charge in [-0.15, -0.1) is 0 Å². The molecule has 0 radical (unpaired) electrons. The van der Waals surface area contributed by atoms with Gasteiger partial charge in [0.2, 0.25) is 5.91 Å². The molecule has 3 aromatic heterocycles. The van der Waals surface area contributed by atoms with E-state index in [2.05, 4.69) is 27.6 Å². The minimum Gasteiger partial charge on any atom is -0.354 e. The van der Waals surface area contributed by atoms with Crippen molar-refractivity contribution in [3.05, 3.63) is 76.5 Å². The van der Waals surface area contributed by atoms with Gasteiger partial charge in [-0.3, -0.25) is 14.6 Å². The molecular formula is C27H28N6O3. The third-order valence-corrected chi connectivity index (χ3v) is 6.39. The average molecular weight is 485 g/mol. The number of carbonyl (C=O) groups is 1. The summed E-state index contributed by atoms with van der Waals surface area (Å²) in [6, 6.07) is 13.3. The van der Waals surface area contributed by atoms with Gasteiger partial charge in [0, 0.05) is 62.1 Å². The first kappa shape index (κ1) is 23.6. The van der Waals surface area contributed by atoms with Crippen LogP contribution in [0.3, 0.4) is 0 Å². The summed E-state index contributed by atoms with van der Waals surface area (Å²) in [5.41, 5.74) is 5.43. The van der Waals surface area contributed by atoms with E-state index < -0.39 is 0 Å². The van der Waals surface area contributed by atoms with Crippen LogP contribution in [0.5, 0.6) is 0 Å². The SMILES string of the molecule is CNCc1ccc(-c2cc(-c3nc(-c4ccc(=O)n(CCN5CCCC5=O)c4)cnc3C)on2)cc1. The summed E-state index contributed by atoms with van der Waals surface area (Å²) < 4.78 is 7.26. The molecule has 0 bridgehead atoms. The number of likely N-dealkylation sites (tertiary alicyclic amines) is 1. The van der Waals surface area contributed by atoms with Gasteiger partial charge < -0.3 is 19.3 Å². The van der Waals surface area contributed by atoms with Crippen molar-refractivity contribution >= 4 is 5.91 Å². The second-order valence-corrected chi connectivity index (χ2v) is 8.93. The highest BCUT2D eigenvalue weighted by Crippen LogP contribution is 2.28. The molecule has 184 valence electrons. The molecule has 1 aliphatic heterocycles. The van der Waals surface area contributed by atoms with Crippen LogP contribution < -0.4 is 10.9 Å². The maximum atomic E-state index is 12.4. The predicted molar refractivity (Wildman–Crippen MR) is 136 cm³/mol. The van der Waals surface area contributed by atoms with Gasteiger partial charge in [-0.25, -0.2) is 4.98 Å². The van der Waals surface area contributed by atoms with Crippen LogP contribution in [0, 0.1) is 6.92 Å². The summed E-state index contributed by atoms with van der Waals surface area (Å²) in [5.74, 6) is 0.672. The summed E-state index contributed by atoms with van der Waals surface area (Å²) in [4.78, 5) is 35.5. The molecular weight excluding hydrogens is 456 g/mol. The van der Waals surface area contributed by atoms with Crippen molar-refractivity contribution in [2.24, 2.45) is 0 Å². The Morgan fingerprint density at radius 1 is 1.03 bits per heavy atom. The number of hydrogen-bond acceptors (Lipinski definition) is 7. The van der Waals surface area contributed by atoms with Gasteiger partial charge in [0.05, 0.1) is 17.6 Å². The number of carbonyl (C=O) groups excluding carboxylic acids is 1. The number of nitrogens with zero attached hydrogens (tertiary/aromatic N) is 5. The highest BCUT2D eigenvalue weighted by atomic mass is 16.5. The van der Waals surface area contributed by atoms with E-state index in [1.807, 2.05) is 32.2 Å². The molecule has 0 unspecified atom stereocenters. The van der Waals surface area contributed by atoms with Crippen molar-refractivity contribution in [1.29, 1.82) is 0 Å². The quantitative estimate of drug-likeness (QED) is 0.409. The number of benzene rings is 1. The summed E-state index contributed by atoms with van der Waals surface area (Å²) in [6.07, 6.45) is 4.91. The lowest BCUT2D eigenvalue weighted by atomic mass is 10.1. The van der Waals surface area contributed by atoms with Crippen molar-refractivity contribution in [2.75, 3.05) is 20.1 Å². The van der Waals surface area contributed by atoms with Crippen molar-refractivity contribution < 1.29 is 9.32 Å². The number of pyridine rings is 1. The summed E-state index contributed by atoms with van der Waals surface area (Å²) in [7, 11) is 1.92. The van der Waals surface area contributed by atoms with Crippen molar-refractivity contribution in [1.82, 2.24) is 29.9 Å². The van der Waals surface area contributed by atoms with Crippen molar-refractivity contribution in [3.8, 4) is 34.0 Å². The Morgan fingerprint density at radius 3 is 2.58 bits per heavy atom. The molecule has 1 saturated heterocycles. The second-order valence-electron chi connectivity index (χ2n) is 8.93. The van der Waals surface area contributed by atoms with Gasteiger partial charge in [0.15, 0.2) is 5.76 Å². The molecule has 36 heavy (non-hydrogen) atoms. The van der Waals surface area contributed by atoms with Crippen LogP contribution in [0.25, 0.3) is 34.0 Å². The monoisotopic (exact) mass is 484 g/mol. The van der Waals surface area contributed by atoms with Gasteiger partial charge in [0.25, 0.3) is 5.56 Å². The van der Waals surface area contributed by atoms with Crippen LogP contribution in [-0.2, 0) is 17.9 Å². The van der Waals surface area contributed by atoms with E-state index in [4.69, 9.17) is 9.51 Å². The minimum absolute atomic E-state index is 0.119. The molecule has 0 saturated carbocycles. The molecule has 5 rings (SSSR count). The number of nitrogens with one attached hydrogen (secondary N) is 1. The highest BCUT2D eigenvalue weighted by Gasteiger charge is 2.20. The van der Waals surface area contributed by atoms with Crippen LogP contribution in [0.15, 0.2) is 64.2 Å². The smallest absolute Gasteiger partial charge is 0.250 e. The van der Waals surface area contributed by atoms with Crippen LogP contribution in [0.4, 0.5) is 0 Å². The Kier molecular flexibility index (Phi) is 6.73. The largest absolute Gasteiger partial charge is 0.354 e. The fraction of sp³-hybridized carbons (Fsp3) is 0.296. The Balaban J connectivity index is 1.39. The zero-order valence-corrected chi connectivity index (χ0v) is 20.4. The standard InChI is InChI=1S/C27H28N6O3/c1-18-27(24-14-22(31-36-24)20-7-5-19(6-8-20)15-28-2)30-23(16-29-18)21-9-10-26(35)33(17-21)13-12-32-11-3-4-25(32)34/h5-10,14,16-17,28H,3-4,11-13,15H2,1-2H3. The number of rotatable bonds is 8. The fourth-order valence-corrected chi connectivity index (χ4v) is 4.37. The summed E-state index contributed by atoms with van der Waals surface area (Å²) in [6.45, 7) is 4.37. The predicted octanol–water partition coefficient (Wildman–Crippen LogP) is 3.28. The first-order chi connectivity index (χ1) is 17.5. The molecule has 4 heterocycles. The van der Waals surface area contributed by atoms with Gasteiger partial charge in [0.1, 0.15) is 11.4 Å². The van der Waals surface area contributed by atoms with E-state index in [0.717, 1.165) is 36.3 Å². The fourth-order valence-electron chi connectivity index (χ4n) is 4.37. The average Bonchev–Trinajstić information content (AvgIpc) is 3.54. The Morgan fingerprint density at radius 2 is 1.83 bits per heavy atom. The van der Waals surface area contributed by atoms with Crippen LogP contribution in [0.1, 0.15) is 24.1 Å². The number of aryl methyl sites for hydroxylation is 1. The molecule has 1 fully saturated rings. The Bertz CT molecular complexity index is 1440. The second kappa shape index (κ2) is 10.2. The Labute approximate surface area is 208 Å². The van der Waals surface area contributed by atoms with Gasteiger partial charge >= 0.3 is 0 Å². The molecule has 4 aromatic rings. The molecule has 9 nitrogen and oxygen atoms in total. The van der Waals surface area contributed by atoms with Crippen LogP contribution in [0.2, 0.25) is 0 Å². The third kappa shape index (κ3) is 4.96. The zero-order valence-electron chi connectivity index (χ0n) is 20.4. The van der Waals surface area contributed by atoms with E-state index in [-0.39, 0.29) is 11.5 Å². The maximum Gasteiger partial charge on any atom is 0.250 e. The van der Waals surface area contributed by atoms with E-state index in [1.165, 1.54) is 11.6 Å². The van der Waals surface area contributed by atoms with E-state index in [1.54, 1.807) is 27.9 Å². The van der Waals surface area contributed by atoms with Gasteiger partial charge in [-0.1, -0.05) is 29.4 Å². The molecule has 0 aliphatic carbocycles. The number of aromatic nitrogens is 4. The summed E-state index contributed by atoms with van der Waals surface area (Å²) in [5, 5.41) is 7.38. The first-order valence-corrected chi connectivity index (χ1v) is 12.0. The molecule has 1 N–H and O–H groups in total. The topological polar surface area (TPSA) is 106 Å². The number of amides is 1. The van der Waals surface area contributed by atoms with Crippen molar-refractivity contribution in [3.63, 3.8) is 0 Å².